The fourth-order valence-corrected chi connectivity index (χ4v) is 3.25. The SMILES string of the molecule is CCN(CC)c1ccc(Nc2cncc(C(=O)NC(C)c3ccccc3)c2)cc1. The van der Waals surface area contributed by atoms with E-state index in [0.717, 1.165) is 30.0 Å². The Morgan fingerprint density at radius 1 is 0.966 bits per heavy atom. The van der Waals surface area contributed by atoms with Crippen LogP contribution in [0.4, 0.5) is 17.1 Å². The van der Waals surface area contributed by atoms with Crippen LogP contribution in [-0.4, -0.2) is 24.0 Å². The van der Waals surface area contributed by atoms with Crippen LogP contribution in [-0.2, 0) is 0 Å². The van der Waals surface area contributed by atoms with Crippen LogP contribution in [0.3, 0.4) is 0 Å². The van der Waals surface area contributed by atoms with Crippen LogP contribution in [0.2, 0.25) is 0 Å². The number of rotatable bonds is 8. The Morgan fingerprint density at radius 2 is 1.66 bits per heavy atom. The van der Waals surface area contributed by atoms with Crippen molar-refractivity contribution in [2.45, 2.75) is 26.8 Å². The monoisotopic (exact) mass is 388 g/mol. The average Bonchev–Trinajstić information content (AvgIpc) is 2.76. The summed E-state index contributed by atoms with van der Waals surface area (Å²) in [5.74, 6) is -0.144. The molecule has 0 saturated heterocycles. The largest absolute Gasteiger partial charge is 0.372 e. The first-order valence-corrected chi connectivity index (χ1v) is 10.0. The van der Waals surface area contributed by atoms with Crippen molar-refractivity contribution in [1.29, 1.82) is 0 Å². The zero-order valence-corrected chi connectivity index (χ0v) is 17.2. The van der Waals surface area contributed by atoms with Crippen LogP contribution in [0.15, 0.2) is 73.1 Å². The maximum Gasteiger partial charge on any atom is 0.253 e. The minimum atomic E-state index is -0.144. The van der Waals surface area contributed by atoms with E-state index in [1.54, 1.807) is 12.4 Å². The molecule has 0 radical (unpaired) electrons. The molecule has 1 unspecified atom stereocenters. The van der Waals surface area contributed by atoms with Gasteiger partial charge < -0.3 is 15.5 Å². The van der Waals surface area contributed by atoms with E-state index in [9.17, 15) is 4.79 Å². The zero-order valence-electron chi connectivity index (χ0n) is 17.2. The van der Waals surface area contributed by atoms with Crippen LogP contribution in [0.25, 0.3) is 0 Å². The van der Waals surface area contributed by atoms with Crippen LogP contribution in [0.1, 0.15) is 42.7 Å². The van der Waals surface area contributed by atoms with E-state index in [0.29, 0.717) is 5.56 Å². The number of hydrogen-bond donors (Lipinski definition) is 2. The van der Waals surface area contributed by atoms with E-state index in [2.05, 4.69) is 46.5 Å². The fraction of sp³-hybridized carbons (Fsp3) is 0.250. The van der Waals surface area contributed by atoms with Gasteiger partial charge in [0.15, 0.2) is 0 Å². The second-order valence-corrected chi connectivity index (χ2v) is 6.91. The predicted octanol–water partition coefficient (Wildman–Crippen LogP) is 5.16. The minimum absolute atomic E-state index is 0.0760. The van der Waals surface area contributed by atoms with Crippen molar-refractivity contribution in [3.8, 4) is 0 Å². The van der Waals surface area contributed by atoms with Gasteiger partial charge in [-0.3, -0.25) is 9.78 Å². The molecule has 0 aliphatic heterocycles. The molecule has 2 aromatic carbocycles. The molecule has 0 saturated carbocycles. The molecule has 0 aliphatic rings. The summed E-state index contributed by atoms with van der Waals surface area (Å²) in [7, 11) is 0. The van der Waals surface area contributed by atoms with Crippen LogP contribution < -0.4 is 15.5 Å². The number of nitrogens with zero attached hydrogens (tertiary/aromatic N) is 2. The molecule has 0 bridgehead atoms. The van der Waals surface area contributed by atoms with E-state index in [1.165, 1.54) is 5.69 Å². The predicted molar refractivity (Wildman–Crippen MR) is 120 cm³/mol. The molecule has 5 heteroatoms. The van der Waals surface area contributed by atoms with Gasteiger partial charge in [-0.25, -0.2) is 0 Å². The number of aromatic nitrogens is 1. The second-order valence-electron chi connectivity index (χ2n) is 6.91. The third kappa shape index (κ3) is 5.35. The molecule has 1 atom stereocenters. The minimum Gasteiger partial charge on any atom is -0.372 e. The topological polar surface area (TPSA) is 57.3 Å². The summed E-state index contributed by atoms with van der Waals surface area (Å²) < 4.78 is 0. The number of anilines is 3. The Balaban J connectivity index is 1.67. The number of pyridine rings is 1. The van der Waals surface area contributed by atoms with Crippen LogP contribution in [0, 0.1) is 0 Å². The first kappa shape index (κ1) is 20.4. The summed E-state index contributed by atoms with van der Waals surface area (Å²) in [6.07, 6.45) is 3.30. The molecule has 0 fully saturated rings. The lowest BCUT2D eigenvalue weighted by atomic mass is 10.1. The number of hydrogen-bond acceptors (Lipinski definition) is 4. The molecule has 1 amide bonds. The Morgan fingerprint density at radius 3 is 2.31 bits per heavy atom. The van der Waals surface area contributed by atoms with Gasteiger partial charge in [-0.1, -0.05) is 30.3 Å². The van der Waals surface area contributed by atoms with E-state index in [4.69, 9.17) is 0 Å². The highest BCUT2D eigenvalue weighted by atomic mass is 16.1. The smallest absolute Gasteiger partial charge is 0.253 e. The first-order valence-electron chi connectivity index (χ1n) is 10.0. The molecule has 29 heavy (non-hydrogen) atoms. The summed E-state index contributed by atoms with van der Waals surface area (Å²) >= 11 is 0. The van der Waals surface area contributed by atoms with Crippen molar-refractivity contribution in [3.63, 3.8) is 0 Å². The molecule has 1 aromatic heterocycles. The standard InChI is InChI=1S/C24H28N4O/c1-4-28(5-2)23-13-11-21(12-14-23)27-22-15-20(16-25-17-22)24(29)26-18(3)19-9-7-6-8-10-19/h6-18,27H,4-5H2,1-3H3,(H,26,29). The molecule has 5 nitrogen and oxygen atoms in total. The fourth-order valence-electron chi connectivity index (χ4n) is 3.25. The molecular weight excluding hydrogens is 360 g/mol. The third-order valence-corrected chi connectivity index (χ3v) is 4.93. The van der Waals surface area contributed by atoms with Gasteiger partial charge in [0.1, 0.15) is 0 Å². The van der Waals surface area contributed by atoms with Crippen molar-refractivity contribution in [3.05, 3.63) is 84.2 Å². The third-order valence-electron chi connectivity index (χ3n) is 4.93. The second kappa shape index (κ2) is 9.73. The molecule has 3 aromatic rings. The lowest BCUT2D eigenvalue weighted by molar-refractivity contribution is 0.0939. The van der Waals surface area contributed by atoms with Gasteiger partial charge >= 0.3 is 0 Å². The van der Waals surface area contributed by atoms with Gasteiger partial charge in [0.2, 0.25) is 0 Å². The van der Waals surface area contributed by atoms with Crippen molar-refractivity contribution >= 4 is 23.0 Å². The lowest BCUT2D eigenvalue weighted by Crippen LogP contribution is -2.26. The molecule has 150 valence electrons. The van der Waals surface area contributed by atoms with Gasteiger partial charge in [-0.2, -0.15) is 0 Å². The number of carbonyl (C=O) groups excluding carboxylic acids is 1. The maximum absolute atomic E-state index is 12.6. The van der Waals surface area contributed by atoms with Crippen molar-refractivity contribution in [2.75, 3.05) is 23.3 Å². The van der Waals surface area contributed by atoms with Gasteiger partial charge in [-0.15, -0.1) is 0 Å². The molecule has 3 rings (SSSR count). The molecule has 2 N–H and O–H groups in total. The molecule has 1 heterocycles. The normalized spacial score (nSPS) is 11.6. The summed E-state index contributed by atoms with van der Waals surface area (Å²) in [6.45, 7) is 8.23. The highest BCUT2D eigenvalue weighted by Crippen LogP contribution is 2.21. The van der Waals surface area contributed by atoms with Gasteiger partial charge in [0, 0.05) is 30.7 Å². The summed E-state index contributed by atoms with van der Waals surface area (Å²) in [5, 5.41) is 6.35. The maximum atomic E-state index is 12.6. The number of benzene rings is 2. The van der Waals surface area contributed by atoms with Crippen molar-refractivity contribution in [1.82, 2.24) is 10.3 Å². The quantitative estimate of drug-likeness (QED) is 0.559. The number of amides is 1. The Kier molecular flexibility index (Phi) is 6.85. The highest BCUT2D eigenvalue weighted by molar-refractivity contribution is 5.95. The summed E-state index contributed by atoms with van der Waals surface area (Å²) in [6, 6.07) is 19.9. The first-order chi connectivity index (χ1) is 14.1. The van der Waals surface area contributed by atoms with E-state index in [1.807, 2.05) is 55.5 Å². The van der Waals surface area contributed by atoms with Gasteiger partial charge in [-0.05, 0) is 56.7 Å². The van der Waals surface area contributed by atoms with Crippen LogP contribution in [0.5, 0.6) is 0 Å². The highest BCUT2D eigenvalue weighted by Gasteiger charge is 2.12. The van der Waals surface area contributed by atoms with Crippen molar-refractivity contribution in [2.24, 2.45) is 0 Å². The lowest BCUT2D eigenvalue weighted by Gasteiger charge is -2.21. The zero-order chi connectivity index (χ0) is 20.6. The number of carbonyl (C=O) groups is 1. The molecular formula is C24H28N4O. The van der Waals surface area contributed by atoms with Gasteiger partial charge in [0.25, 0.3) is 5.91 Å². The molecule has 0 spiro atoms. The van der Waals surface area contributed by atoms with Crippen molar-refractivity contribution < 1.29 is 4.79 Å². The number of nitrogens with one attached hydrogen (secondary N) is 2. The van der Waals surface area contributed by atoms with E-state index < -0.39 is 0 Å². The molecule has 0 aliphatic carbocycles. The van der Waals surface area contributed by atoms with Gasteiger partial charge in [0.05, 0.1) is 23.5 Å². The average molecular weight is 389 g/mol. The Bertz CT molecular complexity index is 921. The van der Waals surface area contributed by atoms with E-state index in [-0.39, 0.29) is 11.9 Å². The Hall–Kier alpha value is -3.34. The summed E-state index contributed by atoms with van der Waals surface area (Å²) in [4.78, 5) is 19.2. The summed E-state index contributed by atoms with van der Waals surface area (Å²) in [5.41, 5.74) is 4.52. The van der Waals surface area contributed by atoms with Crippen LogP contribution >= 0.6 is 0 Å². The van der Waals surface area contributed by atoms with E-state index >= 15 is 0 Å². The Labute approximate surface area is 172 Å².